The van der Waals surface area contributed by atoms with Crippen molar-refractivity contribution in [3.05, 3.63) is 0 Å². The molecule has 2 rings (SSSR count). The minimum atomic E-state index is -3.06. The number of carbonyl (C=O) groups excluding carboxylic acids is 1. The van der Waals surface area contributed by atoms with Gasteiger partial charge in [0, 0.05) is 24.3 Å². The van der Waals surface area contributed by atoms with Crippen LogP contribution in [0.2, 0.25) is 0 Å². The van der Waals surface area contributed by atoms with Crippen molar-refractivity contribution >= 4 is 15.7 Å². The van der Waals surface area contributed by atoms with Crippen LogP contribution in [0.3, 0.4) is 0 Å². The molecule has 0 radical (unpaired) electrons. The molecule has 20 heavy (non-hydrogen) atoms. The predicted octanol–water partition coefficient (Wildman–Crippen LogP) is 0.689. The van der Waals surface area contributed by atoms with Crippen molar-refractivity contribution in [2.45, 2.75) is 51.1 Å². The second kappa shape index (κ2) is 6.02. The van der Waals surface area contributed by atoms with Gasteiger partial charge in [0.25, 0.3) is 0 Å². The van der Waals surface area contributed by atoms with Gasteiger partial charge in [-0.25, -0.2) is 8.42 Å². The third kappa shape index (κ3) is 3.95. The van der Waals surface area contributed by atoms with Crippen molar-refractivity contribution in [3.8, 4) is 0 Å². The van der Waals surface area contributed by atoms with Gasteiger partial charge in [-0.15, -0.1) is 0 Å². The van der Waals surface area contributed by atoms with Crippen LogP contribution in [0.25, 0.3) is 0 Å². The molecule has 5 nitrogen and oxygen atoms in total. The molecule has 3 N–H and O–H groups in total. The zero-order valence-corrected chi connectivity index (χ0v) is 13.2. The largest absolute Gasteiger partial charge is 0.352 e. The Morgan fingerprint density at radius 2 is 1.85 bits per heavy atom. The highest BCUT2D eigenvalue weighted by Crippen LogP contribution is 2.41. The average molecular weight is 302 g/mol. The fourth-order valence-electron chi connectivity index (χ4n) is 3.86. The molecule has 2 aliphatic carbocycles. The molecule has 116 valence electrons. The topological polar surface area (TPSA) is 89.3 Å². The van der Waals surface area contributed by atoms with E-state index in [-0.39, 0.29) is 29.7 Å². The third-order valence-electron chi connectivity index (χ3n) is 4.73. The van der Waals surface area contributed by atoms with Gasteiger partial charge in [0.05, 0.1) is 5.75 Å². The molecule has 0 spiro atoms. The summed E-state index contributed by atoms with van der Waals surface area (Å²) in [6.07, 6.45) is 6.38. The van der Waals surface area contributed by atoms with E-state index in [0.717, 1.165) is 25.7 Å². The second-order valence-corrected chi connectivity index (χ2v) is 8.88. The fraction of sp³-hybridized carbons (Fsp3) is 0.929. The van der Waals surface area contributed by atoms with E-state index in [1.165, 1.54) is 12.7 Å². The molecule has 0 aromatic heterocycles. The summed E-state index contributed by atoms with van der Waals surface area (Å²) >= 11 is 0. The monoisotopic (exact) mass is 302 g/mol. The first-order valence-electron chi connectivity index (χ1n) is 7.50. The highest BCUT2D eigenvalue weighted by Gasteiger charge is 2.40. The highest BCUT2D eigenvalue weighted by molar-refractivity contribution is 7.90. The summed E-state index contributed by atoms with van der Waals surface area (Å²) in [6.45, 7) is 1.74. The van der Waals surface area contributed by atoms with Crippen LogP contribution in [0.5, 0.6) is 0 Å². The molecule has 1 amide bonds. The molecule has 2 saturated carbocycles. The first kappa shape index (κ1) is 15.8. The van der Waals surface area contributed by atoms with Crippen LogP contribution < -0.4 is 11.1 Å². The standard InChI is InChI=1S/C14H26N2O3S/c1-9(8-20(2,18)19)16-14(17)12-6-10-4-3-5-11(7-12)13(10)15/h9-13H,3-8,15H2,1-2H3,(H,16,17). The van der Waals surface area contributed by atoms with E-state index in [0.29, 0.717) is 11.8 Å². The van der Waals surface area contributed by atoms with E-state index in [1.807, 2.05) is 0 Å². The summed E-state index contributed by atoms with van der Waals surface area (Å²) in [6, 6.07) is -0.0748. The van der Waals surface area contributed by atoms with E-state index in [2.05, 4.69) is 5.32 Å². The number of amides is 1. The molecule has 6 heteroatoms. The van der Waals surface area contributed by atoms with Crippen LogP contribution in [0, 0.1) is 17.8 Å². The zero-order chi connectivity index (χ0) is 14.9. The van der Waals surface area contributed by atoms with Crippen LogP contribution in [0.4, 0.5) is 0 Å². The molecular formula is C14H26N2O3S. The van der Waals surface area contributed by atoms with Gasteiger partial charge in [0.1, 0.15) is 9.84 Å². The van der Waals surface area contributed by atoms with Crippen LogP contribution in [0.1, 0.15) is 39.0 Å². The minimum absolute atomic E-state index is 0.00215. The van der Waals surface area contributed by atoms with E-state index in [1.54, 1.807) is 6.92 Å². The Bertz CT molecular complexity index is 449. The highest BCUT2D eigenvalue weighted by atomic mass is 32.2. The lowest BCUT2D eigenvalue weighted by molar-refractivity contribution is -0.128. The number of rotatable bonds is 4. The Morgan fingerprint density at radius 3 is 2.35 bits per heavy atom. The Labute approximate surface area is 121 Å². The van der Waals surface area contributed by atoms with E-state index < -0.39 is 9.84 Å². The number of carbonyl (C=O) groups is 1. The maximum absolute atomic E-state index is 12.3. The lowest BCUT2D eigenvalue weighted by Crippen LogP contribution is -2.50. The molecule has 0 saturated heterocycles. The van der Waals surface area contributed by atoms with E-state index in [4.69, 9.17) is 5.73 Å². The molecule has 0 heterocycles. The van der Waals surface area contributed by atoms with Crippen LogP contribution >= 0.6 is 0 Å². The molecule has 0 aromatic carbocycles. The van der Waals surface area contributed by atoms with Gasteiger partial charge in [-0.05, 0) is 44.4 Å². The molecule has 2 bridgehead atoms. The molecule has 2 fully saturated rings. The molecule has 3 unspecified atom stereocenters. The van der Waals surface area contributed by atoms with Crippen molar-refractivity contribution in [1.29, 1.82) is 0 Å². The first-order chi connectivity index (χ1) is 9.26. The number of hydrogen-bond donors (Lipinski definition) is 2. The van der Waals surface area contributed by atoms with Crippen molar-refractivity contribution in [1.82, 2.24) is 5.32 Å². The molecular weight excluding hydrogens is 276 g/mol. The lowest BCUT2D eigenvalue weighted by Gasteiger charge is -2.43. The maximum atomic E-state index is 12.3. The fourth-order valence-corrected chi connectivity index (χ4v) is 4.85. The summed E-state index contributed by atoms with van der Waals surface area (Å²) in [5, 5.41) is 2.85. The Balaban J connectivity index is 1.90. The first-order valence-corrected chi connectivity index (χ1v) is 9.56. The van der Waals surface area contributed by atoms with Crippen LogP contribution in [-0.2, 0) is 14.6 Å². The summed E-state index contributed by atoms with van der Waals surface area (Å²) in [7, 11) is -3.06. The average Bonchev–Trinajstić information content (AvgIpc) is 2.25. The molecule has 0 aromatic rings. The Kier molecular flexibility index (Phi) is 4.74. The van der Waals surface area contributed by atoms with Crippen LogP contribution in [-0.4, -0.2) is 38.4 Å². The number of hydrogen-bond acceptors (Lipinski definition) is 4. The summed E-state index contributed by atoms with van der Waals surface area (Å²) < 4.78 is 22.5. The number of nitrogens with one attached hydrogen (secondary N) is 1. The quantitative estimate of drug-likeness (QED) is 0.799. The minimum Gasteiger partial charge on any atom is -0.352 e. The number of fused-ring (bicyclic) bond motifs is 2. The summed E-state index contributed by atoms with van der Waals surface area (Å²) in [4.78, 5) is 12.3. The Morgan fingerprint density at radius 1 is 1.30 bits per heavy atom. The van der Waals surface area contributed by atoms with Crippen molar-refractivity contribution in [2.75, 3.05) is 12.0 Å². The predicted molar refractivity (Wildman–Crippen MR) is 78.8 cm³/mol. The second-order valence-electron chi connectivity index (χ2n) is 6.70. The van der Waals surface area contributed by atoms with Crippen LogP contribution in [0.15, 0.2) is 0 Å². The van der Waals surface area contributed by atoms with Crippen molar-refractivity contribution < 1.29 is 13.2 Å². The van der Waals surface area contributed by atoms with Gasteiger partial charge in [0.15, 0.2) is 0 Å². The van der Waals surface area contributed by atoms with Gasteiger partial charge < -0.3 is 11.1 Å². The van der Waals surface area contributed by atoms with E-state index >= 15 is 0 Å². The molecule has 0 aliphatic heterocycles. The SMILES string of the molecule is CC(CS(C)(=O)=O)NC(=O)C1CC2CCCC(C1)C2N. The van der Waals surface area contributed by atoms with Gasteiger partial charge in [-0.1, -0.05) is 6.42 Å². The van der Waals surface area contributed by atoms with Gasteiger partial charge in [-0.3, -0.25) is 4.79 Å². The molecule has 3 atom stereocenters. The smallest absolute Gasteiger partial charge is 0.223 e. The van der Waals surface area contributed by atoms with E-state index in [9.17, 15) is 13.2 Å². The zero-order valence-electron chi connectivity index (χ0n) is 12.3. The Hall–Kier alpha value is -0.620. The molecule has 2 aliphatic rings. The summed E-state index contributed by atoms with van der Waals surface area (Å²) in [5.41, 5.74) is 6.22. The number of nitrogens with two attached hydrogens (primary N) is 1. The van der Waals surface area contributed by atoms with Crippen molar-refractivity contribution in [2.24, 2.45) is 23.5 Å². The third-order valence-corrected chi connectivity index (χ3v) is 5.83. The summed E-state index contributed by atoms with van der Waals surface area (Å²) in [5.74, 6) is 0.932. The van der Waals surface area contributed by atoms with Gasteiger partial charge >= 0.3 is 0 Å². The van der Waals surface area contributed by atoms with Gasteiger partial charge in [-0.2, -0.15) is 0 Å². The van der Waals surface area contributed by atoms with Gasteiger partial charge in [0.2, 0.25) is 5.91 Å². The maximum Gasteiger partial charge on any atom is 0.223 e. The lowest BCUT2D eigenvalue weighted by atomic mass is 9.65. The number of sulfone groups is 1. The normalized spacial score (nSPS) is 35.4. The van der Waals surface area contributed by atoms with Crippen molar-refractivity contribution in [3.63, 3.8) is 0 Å².